The maximum Gasteiger partial charge on any atom is 1.00 e. The molecule has 1 N–H and O–H groups in total. The van der Waals surface area contributed by atoms with E-state index in [4.69, 9.17) is 5.11 Å². The van der Waals surface area contributed by atoms with E-state index in [2.05, 4.69) is 0 Å². The van der Waals surface area contributed by atoms with Crippen LogP contribution in [0.25, 0.3) is 0 Å². The molecule has 0 unspecified atom stereocenters. The average Bonchev–Trinajstić information content (AvgIpc) is 1.63. The quantitative estimate of drug-likeness (QED) is 0.335. The van der Waals surface area contributed by atoms with Crippen LogP contribution in [-0.2, 0) is 9.59 Å². The van der Waals surface area contributed by atoms with Gasteiger partial charge < -0.3 is 15.0 Å². The zero-order valence-corrected chi connectivity index (χ0v) is 8.87. The number of hydrogen-bond acceptors (Lipinski definition) is 3. The van der Waals surface area contributed by atoms with E-state index < -0.39 is 11.9 Å². The maximum absolute atomic E-state index is 9.88. The van der Waals surface area contributed by atoms with Crippen LogP contribution in [0.1, 0.15) is 6.92 Å². The summed E-state index contributed by atoms with van der Waals surface area (Å²) < 4.78 is 0. The normalized spacial score (nSPS) is 9.90. The van der Waals surface area contributed by atoms with E-state index in [-0.39, 0.29) is 57.0 Å². The van der Waals surface area contributed by atoms with Gasteiger partial charge in [-0.15, -0.1) is 0 Å². The van der Waals surface area contributed by atoms with Crippen molar-refractivity contribution in [3.05, 3.63) is 11.6 Å². The van der Waals surface area contributed by atoms with Gasteiger partial charge >= 0.3 is 57.4 Å². The van der Waals surface area contributed by atoms with E-state index in [9.17, 15) is 14.7 Å². The van der Waals surface area contributed by atoms with Gasteiger partial charge in [-0.3, -0.25) is 0 Å². The largest absolute Gasteiger partial charge is 1.00 e. The second-order valence-corrected chi connectivity index (χ2v) is 1.45. The Morgan fingerprint density at radius 2 is 1.90 bits per heavy atom. The molecule has 0 aliphatic rings. The van der Waals surface area contributed by atoms with Crippen molar-refractivity contribution in [1.82, 2.24) is 0 Å². The summed E-state index contributed by atoms with van der Waals surface area (Å²) in [5.74, 6) is -2.74. The SMILES string of the molecule is C/C(=C/C(=O)[O-])C(=O)O.[K+]. The van der Waals surface area contributed by atoms with Crippen molar-refractivity contribution < 1.29 is 71.2 Å². The molecule has 0 amide bonds. The Morgan fingerprint density at radius 1 is 1.50 bits per heavy atom. The maximum atomic E-state index is 9.88. The van der Waals surface area contributed by atoms with Crippen LogP contribution in [0, 0.1) is 0 Å². The third-order valence-corrected chi connectivity index (χ3v) is 0.672. The second-order valence-electron chi connectivity index (χ2n) is 1.45. The first-order chi connectivity index (χ1) is 4.04. The first-order valence-corrected chi connectivity index (χ1v) is 2.16. The predicted molar refractivity (Wildman–Crippen MR) is 26.4 cm³/mol. The molecule has 0 radical (unpaired) electrons. The van der Waals surface area contributed by atoms with E-state index in [0.29, 0.717) is 6.08 Å². The van der Waals surface area contributed by atoms with Gasteiger partial charge in [0.15, 0.2) is 0 Å². The molecule has 0 aromatic rings. The molecule has 0 heterocycles. The predicted octanol–water partition coefficient (Wildman–Crippen LogP) is -4.23. The van der Waals surface area contributed by atoms with E-state index in [0.717, 1.165) is 0 Å². The Hall–Kier alpha value is 0.316. The number of aliphatic carboxylic acids is 2. The van der Waals surface area contributed by atoms with Crippen molar-refractivity contribution in [1.29, 1.82) is 0 Å². The number of carbonyl (C=O) groups is 2. The average molecular weight is 168 g/mol. The Labute approximate surface area is 100 Å². The van der Waals surface area contributed by atoms with Gasteiger partial charge in [0.2, 0.25) is 0 Å². The molecule has 0 aromatic heterocycles. The molecule has 0 atom stereocenters. The number of hydrogen-bond donors (Lipinski definition) is 1. The molecule has 0 fully saturated rings. The van der Waals surface area contributed by atoms with Crippen molar-refractivity contribution >= 4 is 11.9 Å². The fourth-order valence-corrected chi connectivity index (χ4v) is 0.239. The van der Waals surface area contributed by atoms with Crippen LogP contribution in [0.15, 0.2) is 11.6 Å². The fourth-order valence-electron chi connectivity index (χ4n) is 0.239. The summed E-state index contributed by atoms with van der Waals surface area (Å²) in [6, 6.07) is 0. The molecule has 4 nitrogen and oxygen atoms in total. The van der Waals surface area contributed by atoms with Gasteiger partial charge in [0.25, 0.3) is 0 Å². The monoisotopic (exact) mass is 168 g/mol. The number of rotatable bonds is 2. The number of carboxylic acids is 2. The zero-order chi connectivity index (χ0) is 7.44. The van der Waals surface area contributed by atoms with Crippen LogP contribution < -0.4 is 56.5 Å². The van der Waals surface area contributed by atoms with E-state index in [1.165, 1.54) is 6.92 Å². The summed E-state index contributed by atoms with van der Waals surface area (Å²) in [6.07, 6.45) is 0.530. The summed E-state index contributed by atoms with van der Waals surface area (Å²) in [5.41, 5.74) is -0.241. The van der Waals surface area contributed by atoms with Crippen molar-refractivity contribution in [2.75, 3.05) is 0 Å². The molecular weight excluding hydrogens is 163 g/mol. The third-order valence-electron chi connectivity index (χ3n) is 0.672. The smallest absolute Gasteiger partial charge is 0.545 e. The summed E-state index contributed by atoms with van der Waals surface area (Å²) >= 11 is 0. The van der Waals surface area contributed by atoms with Gasteiger partial charge in [-0.2, -0.15) is 0 Å². The molecule has 10 heavy (non-hydrogen) atoms. The third kappa shape index (κ3) is 6.44. The molecular formula is C5H5KO4. The standard InChI is InChI=1S/C5H6O4.K/c1-3(5(8)9)2-4(6)7;/h2H,1H3,(H,6,7)(H,8,9);/q;+1/p-1/b3-2-;. The summed E-state index contributed by atoms with van der Waals surface area (Å²) in [4.78, 5) is 19.5. The molecule has 0 aliphatic heterocycles. The topological polar surface area (TPSA) is 77.4 Å². The summed E-state index contributed by atoms with van der Waals surface area (Å²) in [7, 11) is 0. The Kier molecular flexibility index (Phi) is 7.84. The zero-order valence-electron chi connectivity index (χ0n) is 5.75. The minimum Gasteiger partial charge on any atom is -0.545 e. The van der Waals surface area contributed by atoms with Crippen LogP contribution in [0.3, 0.4) is 0 Å². The molecule has 0 saturated heterocycles. The van der Waals surface area contributed by atoms with E-state index >= 15 is 0 Å². The summed E-state index contributed by atoms with van der Waals surface area (Å²) in [5, 5.41) is 17.7. The van der Waals surface area contributed by atoms with Gasteiger partial charge in [-0.05, 0) is 13.0 Å². The Morgan fingerprint density at radius 3 is 2.00 bits per heavy atom. The first-order valence-electron chi connectivity index (χ1n) is 2.16. The fraction of sp³-hybridized carbons (Fsp3) is 0.200. The van der Waals surface area contributed by atoms with Crippen molar-refractivity contribution in [2.24, 2.45) is 0 Å². The minimum absolute atomic E-state index is 0. The van der Waals surface area contributed by atoms with Crippen molar-refractivity contribution in [2.45, 2.75) is 6.92 Å². The summed E-state index contributed by atoms with van der Waals surface area (Å²) in [6.45, 7) is 1.18. The van der Waals surface area contributed by atoms with E-state index in [1.54, 1.807) is 0 Å². The first kappa shape index (κ1) is 12.9. The van der Waals surface area contributed by atoms with Gasteiger partial charge in [0.05, 0.1) is 5.97 Å². The molecule has 0 aromatic carbocycles. The van der Waals surface area contributed by atoms with Gasteiger partial charge in [0, 0.05) is 5.57 Å². The molecule has 5 heteroatoms. The Balaban J connectivity index is 0. The molecule has 0 aliphatic carbocycles. The second kappa shape index (κ2) is 6.05. The van der Waals surface area contributed by atoms with Crippen molar-refractivity contribution in [3.63, 3.8) is 0 Å². The Bertz CT molecular complexity index is 172. The minimum atomic E-state index is -1.49. The van der Waals surface area contributed by atoms with Gasteiger partial charge in [-0.1, -0.05) is 0 Å². The van der Waals surface area contributed by atoms with E-state index in [1.807, 2.05) is 0 Å². The number of carbonyl (C=O) groups excluding carboxylic acids is 1. The van der Waals surface area contributed by atoms with Crippen LogP contribution in [0.5, 0.6) is 0 Å². The molecule has 0 saturated carbocycles. The molecule has 0 bridgehead atoms. The molecule has 0 rings (SSSR count). The van der Waals surface area contributed by atoms with Gasteiger partial charge in [0.1, 0.15) is 0 Å². The van der Waals surface area contributed by atoms with Crippen molar-refractivity contribution in [3.8, 4) is 0 Å². The van der Waals surface area contributed by atoms with Crippen LogP contribution in [0.4, 0.5) is 0 Å². The van der Waals surface area contributed by atoms with Crippen LogP contribution in [0.2, 0.25) is 0 Å². The van der Waals surface area contributed by atoms with Gasteiger partial charge in [-0.25, -0.2) is 4.79 Å². The number of carboxylic acid groups (broad SMARTS) is 2. The van der Waals surface area contributed by atoms with Crippen LogP contribution in [-0.4, -0.2) is 17.0 Å². The van der Waals surface area contributed by atoms with Crippen LogP contribution >= 0.6 is 0 Å². The molecule has 50 valence electrons. The molecule has 0 spiro atoms.